The molecule has 4 rings (SSSR count). The van der Waals surface area contributed by atoms with E-state index in [1.807, 2.05) is 49.0 Å². The van der Waals surface area contributed by atoms with Gasteiger partial charge in [-0.3, -0.25) is 9.48 Å². The summed E-state index contributed by atoms with van der Waals surface area (Å²) in [6, 6.07) is 10.0. The molecular weight excluding hydrogens is 326 g/mol. The van der Waals surface area contributed by atoms with Crippen LogP contribution in [0.1, 0.15) is 30.2 Å². The lowest BCUT2D eigenvalue weighted by molar-refractivity contribution is -0.121. The van der Waals surface area contributed by atoms with Crippen LogP contribution in [0.5, 0.6) is 5.75 Å². The van der Waals surface area contributed by atoms with Gasteiger partial charge in [0.15, 0.2) is 5.78 Å². The lowest BCUT2D eigenvalue weighted by Crippen LogP contribution is -2.48. The zero-order valence-electron chi connectivity index (χ0n) is 15.2. The topological polar surface area (TPSA) is 67.9 Å². The van der Waals surface area contributed by atoms with Crippen molar-refractivity contribution in [2.24, 2.45) is 18.9 Å². The van der Waals surface area contributed by atoms with Gasteiger partial charge < -0.3 is 4.74 Å². The molecule has 0 saturated carbocycles. The SMILES string of the molecule is COc1cccc([C@]23C=C(C#N)C(=O)[C@@H](C)[C@@H]2CCc2cn(C)nc23)c1. The van der Waals surface area contributed by atoms with Crippen molar-refractivity contribution in [3.63, 3.8) is 0 Å². The average Bonchev–Trinajstić information content (AvgIpc) is 3.05. The van der Waals surface area contributed by atoms with Gasteiger partial charge in [0, 0.05) is 19.2 Å². The molecule has 0 fully saturated rings. The molecule has 2 aromatic rings. The van der Waals surface area contributed by atoms with Crippen LogP contribution in [0.3, 0.4) is 0 Å². The largest absolute Gasteiger partial charge is 0.497 e. The summed E-state index contributed by atoms with van der Waals surface area (Å²) in [7, 11) is 3.56. The highest BCUT2D eigenvalue weighted by molar-refractivity contribution is 6.02. The van der Waals surface area contributed by atoms with E-state index >= 15 is 0 Å². The van der Waals surface area contributed by atoms with E-state index in [9.17, 15) is 10.1 Å². The maximum absolute atomic E-state index is 12.7. The Balaban J connectivity index is 2.08. The molecule has 0 aliphatic heterocycles. The van der Waals surface area contributed by atoms with Crippen LogP contribution in [0.25, 0.3) is 0 Å². The minimum absolute atomic E-state index is 0.0598. The Kier molecular flexibility index (Phi) is 3.73. The van der Waals surface area contributed by atoms with E-state index in [2.05, 4.69) is 12.3 Å². The molecule has 26 heavy (non-hydrogen) atoms. The van der Waals surface area contributed by atoms with Crippen molar-refractivity contribution in [3.05, 3.63) is 58.9 Å². The third-order valence-corrected chi connectivity index (χ3v) is 5.93. The normalized spacial score (nSPS) is 27.2. The van der Waals surface area contributed by atoms with Gasteiger partial charge >= 0.3 is 0 Å². The number of carbonyl (C=O) groups excluding carboxylic acids is 1. The molecule has 3 atom stereocenters. The summed E-state index contributed by atoms with van der Waals surface area (Å²) in [4.78, 5) is 12.7. The number of Topliss-reactive ketones (excluding diaryl/α,β-unsaturated/α-hetero) is 1. The van der Waals surface area contributed by atoms with Crippen molar-refractivity contribution in [2.45, 2.75) is 25.2 Å². The summed E-state index contributed by atoms with van der Waals surface area (Å²) in [5, 5.41) is 14.4. The summed E-state index contributed by atoms with van der Waals surface area (Å²) >= 11 is 0. The molecule has 1 aromatic heterocycles. The molecule has 0 radical (unpaired) electrons. The summed E-state index contributed by atoms with van der Waals surface area (Å²) in [6.07, 6.45) is 5.69. The van der Waals surface area contributed by atoms with Crippen LogP contribution in [0, 0.1) is 23.2 Å². The second kappa shape index (κ2) is 5.84. The minimum atomic E-state index is -0.582. The smallest absolute Gasteiger partial charge is 0.176 e. The number of ether oxygens (including phenoxy) is 1. The number of fused-ring (bicyclic) bond motifs is 3. The molecule has 5 heteroatoms. The number of allylic oxidation sites excluding steroid dienone is 2. The van der Waals surface area contributed by atoms with Crippen LogP contribution in [0.2, 0.25) is 0 Å². The molecule has 1 heterocycles. The first-order valence-corrected chi connectivity index (χ1v) is 8.86. The van der Waals surface area contributed by atoms with Crippen molar-refractivity contribution in [2.75, 3.05) is 7.11 Å². The number of carbonyl (C=O) groups is 1. The quantitative estimate of drug-likeness (QED) is 0.838. The summed E-state index contributed by atoms with van der Waals surface area (Å²) in [6.45, 7) is 1.94. The molecule has 0 unspecified atom stereocenters. The van der Waals surface area contributed by atoms with Gasteiger partial charge in [-0.2, -0.15) is 10.4 Å². The lowest BCUT2D eigenvalue weighted by atomic mass is 9.54. The van der Waals surface area contributed by atoms with E-state index in [1.54, 1.807) is 7.11 Å². The molecule has 0 saturated heterocycles. The number of benzene rings is 1. The highest BCUT2D eigenvalue weighted by atomic mass is 16.5. The molecule has 0 amide bonds. The number of hydrogen-bond donors (Lipinski definition) is 0. The molecule has 0 N–H and O–H groups in total. The van der Waals surface area contributed by atoms with E-state index in [-0.39, 0.29) is 23.2 Å². The second-order valence-electron chi connectivity index (χ2n) is 7.25. The van der Waals surface area contributed by atoms with Gasteiger partial charge in [0.2, 0.25) is 0 Å². The van der Waals surface area contributed by atoms with E-state index in [4.69, 9.17) is 9.84 Å². The number of aromatic nitrogens is 2. The number of hydrogen-bond acceptors (Lipinski definition) is 4. The van der Waals surface area contributed by atoms with Crippen LogP contribution in [-0.2, 0) is 23.7 Å². The van der Waals surface area contributed by atoms with Crippen molar-refractivity contribution >= 4 is 5.78 Å². The monoisotopic (exact) mass is 347 g/mol. The minimum Gasteiger partial charge on any atom is -0.497 e. The first-order valence-electron chi connectivity index (χ1n) is 8.86. The van der Waals surface area contributed by atoms with Crippen molar-refractivity contribution < 1.29 is 9.53 Å². The molecule has 0 spiro atoms. The van der Waals surface area contributed by atoms with Crippen molar-refractivity contribution in [3.8, 4) is 11.8 Å². The van der Waals surface area contributed by atoms with Gasteiger partial charge in [0.05, 0.1) is 23.8 Å². The second-order valence-corrected chi connectivity index (χ2v) is 7.25. The number of ketones is 1. The van der Waals surface area contributed by atoms with Gasteiger partial charge in [-0.05, 0) is 48.1 Å². The van der Waals surface area contributed by atoms with Gasteiger partial charge in [0.25, 0.3) is 0 Å². The predicted octanol–water partition coefficient (Wildman–Crippen LogP) is 2.95. The highest BCUT2D eigenvalue weighted by Crippen LogP contribution is 2.53. The first kappa shape index (κ1) is 16.6. The number of rotatable bonds is 2. The number of aryl methyl sites for hydroxylation is 2. The van der Waals surface area contributed by atoms with Gasteiger partial charge in [0.1, 0.15) is 11.8 Å². The number of nitrogens with zero attached hydrogens (tertiary/aromatic N) is 3. The standard InChI is InChI=1S/C21H21N3O2/c1-13-18-8-7-14-12-24(2)23-20(14)21(18,10-15(11-22)19(13)25)16-5-4-6-17(9-16)26-3/h4-6,9-10,12-13,18H,7-8H2,1-3H3/t13-,18-,21+/m0/s1. The Hall–Kier alpha value is -2.87. The molecule has 2 aliphatic carbocycles. The maximum Gasteiger partial charge on any atom is 0.176 e. The van der Waals surface area contributed by atoms with Crippen LogP contribution < -0.4 is 4.74 Å². The Labute approximate surface area is 152 Å². The number of methoxy groups -OCH3 is 1. The van der Waals surface area contributed by atoms with E-state index in [0.29, 0.717) is 0 Å². The zero-order chi connectivity index (χ0) is 18.5. The fraction of sp³-hybridized carbons (Fsp3) is 0.381. The van der Waals surface area contributed by atoms with Crippen LogP contribution in [0.4, 0.5) is 0 Å². The van der Waals surface area contributed by atoms with E-state index in [0.717, 1.165) is 29.8 Å². The summed E-state index contributed by atoms with van der Waals surface area (Å²) in [5.74, 6) is 0.545. The molecular formula is C21H21N3O2. The lowest BCUT2D eigenvalue weighted by Gasteiger charge is -2.46. The van der Waals surface area contributed by atoms with Crippen LogP contribution in [0.15, 0.2) is 42.1 Å². The summed E-state index contributed by atoms with van der Waals surface area (Å²) < 4.78 is 7.27. The van der Waals surface area contributed by atoms with Crippen molar-refractivity contribution in [1.82, 2.24) is 9.78 Å². The number of nitriles is 1. The Morgan fingerprint density at radius 1 is 1.42 bits per heavy atom. The van der Waals surface area contributed by atoms with E-state index < -0.39 is 5.41 Å². The predicted molar refractivity (Wildman–Crippen MR) is 96.7 cm³/mol. The van der Waals surface area contributed by atoms with Gasteiger partial charge in [-0.15, -0.1) is 0 Å². The third kappa shape index (κ3) is 2.15. The molecule has 132 valence electrons. The van der Waals surface area contributed by atoms with Crippen LogP contribution >= 0.6 is 0 Å². The fourth-order valence-corrected chi connectivity index (χ4v) is 4.73. The molecule has 2 aliphatic rings. The molecule has 5 nitrogen and oxygen atoms in total. The van der Waals surface area contributed by atoms with Gasteiger partial charge in [-0.25, -0.2) is 0 Å². The Morgan fingerprint density at radius 3 is 2.96 bits per heavy atom. The average molecular weight is 347 g/mol. The van der Waals surface area contributed by atoms with Crippen LogP contribution in [-0.4, -0.2) is 22.7 Å². The Bertz CT molecular complexity index is 966. The summed E-state index contributed by atoms with van der Waals surface area (Å²) in [5.41, 5.74) is 2.81. The first-order chi connectivity index (χ1) is 12.5. The van der Waals surface area contributed by atoms with Gasteiger partial charge in [-0.1, -0.05) is 19.1 Å². The zero-order valence-corrected chi connectivity index (χ0v) is 15.2. The Morgan fingerprint density at radius 2 is 2.23 bits per heavy atom. The van der Waals surface area contributed by atoms with Crippen molar-refractivity contribution in [1.29, 1.82) is 5.26 Å². The van der Waals surface area contributed by atoms with E-state index in [1.165, 1.54) is 5.56 Å². The third-order valence-electron chi connectivity index (χ3n) is 5.93. The maximum atomic E-state index is 12.7. The molecule has 1 aromatic carbocycles. The molecule has 0 bridgehead atoms. The highest BCUT2D eigenvalue weighted by Gasteiger charge is 2.53. The fourth-order valence-electron chi connectivity index (χ4n) is 4.73.